The minimum Gasteiger partial charge on any atom is -0.481 e. The van der Waals surface area contributed by atoms with Gasteiger partial charge in [0.2, 0.25) is 0 Å². The predicted molar refractivity (Wildman–Crippen MR) is 66.8 cm³/mol. The Morgan fingerprint density at radius 2 is 1.82 bits per heavy atom. The average molecular weight is 236 g/mol. The summed E-state index contributed by atoms with van der Waals surface area (Å²) in [6, 6.07) is 9.57. The summed E-state index contributed by atoms with van der Waals surface area (Å²) in [6.07, 6.45) is 0.765. The predicted octanol–water partition coefficient (Wildman–Crippen LogP) is 2.51. The van der Waals surface area contributed by atoms with Crippen molar-refractivity contribution < 1.29 is 15.0 Å². The van der Waals surface area contributed by atoms with Crippen LogP contribution < -0.4 is 0 Å². The zero-order valence-corrected chi connectivity index (χ0v) is 10.3. The van der Waals surface area contributed by atoms with Crippen molar-refractivity contribution in [3.8, 4) is 0 Å². The minimum atomic E-state index is -0.929. The number of aliphatic hydroxyl groups excluding tert-OH is 1. The topological polar surface area (TPSA) is 57.5 Å². The maximum absolute atomic E-state index is 11.2. The maximum atomic E-state index is 11.2. The van der Waals surface area contributed by atoms with Crippen LogP contribution in [0.25, 0.3) is 0 Å². The molecular weight excluding hydrogens is 216 g/mol. The fourth-order valence-electron chi connectivity index (χ4n) is 2.12. The van der Waals surface area contributed by atoms with Gasteiger partial charge in [-0.15, -0.1) is 0 Å². The van der Waals surface area contributed by atoms with E-state index >= 15 is 0 Å². The van der Waals surface area contributed by atoms with Gasteiger partial charge in [-0.2, -0.15) is 0 Å². The normalized spacial score (nSPS) is 14.6. The minimum absolute atomic E-state index is 0.126. The van der Waals surface area contributed by atoms with Crippen LogP contribution in [0.5, 0.6) is 0 Å². The molecule has 1 rings (SSSR count). The van der Waals surface area contributed by atoms with E-state index in [1.165, 1.54) is 0 Å². The van der Waals surface area contributed by atoms with Gasteiger partial charge in [0, 0.05) is 0 Å². The molecule has 0 spiro atoms. The van der Waals surface area contributed by atoms with Crippen LogP contribution in [-0.4, -0.2) is 22.8 Å². The Morgan fingerprint density at radius 1 is 1.24 bits per heavy atom. The number of carbonyl (C=O) groups is 1. The lowest BCUT2D eigenvalue weighted by Gasteiger charge is -2.24. The van der Waals surface area contributed by atoms with Crippen LogP contribution in [0.2, 0.25) is 0 Å². The standard InChI is InChI=1S/C14H20O3/c1-10(2)8-12(13(9-15)14(16)17)11-6-4-3-5-7-11/h3-7,10,12-13,15H,8-9H2,1-2H3,(H,16,17)/t12-,13?/m0/s1. The Labute approximate surface area is 102 Å². The number of carboxylic acids is 1. The lowest BCUT2D eigenvalue weighted by Crippen LogP contribution is -2.26. The molecule has 1 unspecified atom stereocenters. The van der Waals surface area contributed by atoms with Gasteiger partial charge in [0.1, 0.15) is 0 Å². The van der Waals surface area contributed by atoms with Crippen molar-refractivity contribution in [2.24, 2.45) is 11.8 Å². The molecule has 94 valence electrons. The highest BCUT2D eigenvalue weighted by Crippen LogP contribution is 2.31. The molecule has 2 atom stereocenters. The van der Waals surface area contributed by atoms with Crippen LogP contribution in [0.3, 0.4) is 0 Å². The van der Waals surface area contributed by atoms with Gasteiger partial charge in [-0.25, -0.2) is 0 Å². The van der Waals surface area contributed by atoms with Crippen LogP contribution in [0.1, 0.15) is 31.7 Å². The molecule has 1 aromatic rings. The summed E-state index contributed by atoms with van der Waals surface area (Å²) in [6.45, 7) is 3.81. The number of aliphatic hydroxyl groups is 1. The Balaban J connectivity index is 2.98. The van der Waals surface area contributed by atoms with Crippen LogP contribution in [0.4, 0.5) is 0 Å². The van der Waals surface area contributed by atoms with Crippen LogP contribution in [0.15, 0.2) is 30.3 Å². The molecule has 1 aromatic carbocycles. The van der Waals surface area contributed by atoms with Crippen molar-refractivity contribution in [3.05, 3.63) is 35.9 Å². The van der Waals surface area contributed by atoms with Gasteiger partial charge >= 0.3 is 5.97 Å². The lowest BCUT2D eigenvalue weighted by atomic mass is 9.81. The maximum Gasteiger partial charge on any atom is 0.309 e. The first-order chi connectivity index (χ1) is 8.06. The number of rotatable bonds is 6. The largest absolute Gasteiger partial charge is 0.481 e. The zero-order valence-electron chi connectivity index (χ0n) is 10.3. The summed E-state index contributed by atoms with van der Waals surface area (Å²) in [7, 11) is 0. The van der Waals surface area contributed by atoms with Gasteiger partial charge in [-0.05, 0) is 23.8 Å². The second-order valence-electron chi connectivity index (χ2n) is 4.77. The van der Waals surface area contributed by atoms with Crippen LogP contribution in [0, 0.1) is 11.8 Å². The molecule has 17 heavy (non-hydrogen) atoms. The monoisotopic (exact) mass is 236 g/mol. The molecule has 2 N–H and O–H groups in total. The third kappa shape index (κ3) is 3.86. The second-order valence-corrected chi connectivity index (χ2v) is 4.77. The fourth-order valence-corrected chi connectivity index (χ4v) is 2.12. The summed E-state index contributed by atoms with van der Waals surface area (Å²) < 4.78 is 0. The third-order valence-corrected chi connectivity index (χ3v) is 2.95. The molecule has 0 aliphatic heterocycles. The molecule has 0 aliphatic carbocycles. The molecule has 3 nitrogen and oxygen atoms in total. The highest BCUT2D eigenvalue weighted by molar-refractivity contribution is 5.71. The molecule has 0 heterocycles. The summed E-state index contributed by atoms with van der Waals surface area (Å²) >= 11 is 0. The van der Waals surface area contributed by atoms with Gasteiger partial charge in [-0.3, -0.25) is 4.79 Å². The van der Waals surface area contributed by atoms with E-state index in [1.807, 2.05) is 30.3 Å². The van der Waals surface area contributed by atoms with E-state index in [2.05, 4.69) is 13.8 Å². The Morgan fingerprint density at radius 3 is 2.24 bits per heavy atom. The molecule has 0 aliphatic rings. The Bertz CT molecular complexity index is 346. The van der Waals surface area contributed by atoms with E-state index < -0.39 is 11.9 Å². The Kier molecular flexibility index (Phi) is 5.16. The molecule has 0 aromatic heterocycles. The first kappa shape index (κ1) is 13.7. The van der Waals surface area contributed by atoms with Gasteiger partial charge in [-0.1, -0.05) is 44.2 Å². The van der Waals surface area contributed by atoms with E-state index in [1.54, 1.807) is 0 Å². The summed E-state index contributed by atoms with van der Waals surface area (Å²) in [5.41, 5.74) is 0.989. The first-order valence-electron chi connectivity index (χ1n) is 5.94. The summed E-state index contributed by atoms with van der Waals surface area (Å²) in [5, 5.41) is 18.4. The summed E-state index contributed by atoms with van der Waals surface area (Å²) in [4.78, 5) is 11.2. The quantitative estimate of drug-likeness (QED) is 0.798. The van der Waals surface area contributed by atoms with Crippen molar-refractivity contribution in [1.82, 2.24) is 0 Å². The van der Waals surface area contributed by atoms with E-state index in [4.69, 9.17) is 5.11 Å². The second kappa shape index (κ2) is 6.40. The third-order valence-electron chi connectivity index (χ3n) is 2.95. The SMILES string of the molecule is CC(C)C[C@@H](c1ccccc1)C(CO)C(=O)O. The molecule has 0 saturated carbocycles. The van der Waals surface area contributed by atoms with Crippen molar-refractivity contribution in [2.75, 3.05) is 6.61 Å². The van der Waals surface area contributed by atoms with Crippen molar-refractivity contribution in [3.63, 3.8) is 0 Å². The lowest BCUT2D eigenvalue weighted by molar-refractivity contribution is -0.144. The fraction of sp³-hybridized carbons (Fsp3) is 0.500. The van der Waals surface area contributed by atoms with Gasteiger partial charge in [0.25, 0.3) is 0 Å². The molecular formula is C14H20O3. The van der Waals surface area contributed by atoms with Crippen molar-refractivity contribution in [1.29, 1.82) is 0 Å². The molecule has 0 fully saturated rings. The highest BCUT2D eigenvalue weighted by Gasteiger charge is 2.29. The van der Waals surface area contributed by atoms with Gasteiger partial charge < -0.3 is 10.2 Å². The highest BCUT2D eigenvalue weighted by atomic mass is 16.4. The molecule has 0 saturated heterocycles. The van der Waals surface area contributed by atoms with E-state index in [-0.39, 0.29) is 12.5 Å². The average Bonchev–Trinajstić information content (AvgIpc) is 2.29. The van der Waals surface area contributed by atoms with E-state index in [0.717, 1.165) is 12.0 Å². The smallest absolute Gasteiger partial charge is 0.309 e. The Hall–Kier alpha value is -1.35. The number of benzene rings is 1. The molecule has 0 amide bonds. The number of hydrogen-bond acceptors (Lipinski definition) is 2. The molecule has 0 bridgehead atoms. The van der Waals surface area contributed by atoms with Crippen LogP contribution >= 0.6 is 0 Å². The molecule has 0 radical (unpaired) electrons. The first-order valence-corrected chi connectivity index (χ1v) is 5.94. The number of aliphatic carboxylic acids is 1. The number of hydrogen-bond donors (Lipinski definition) is 2. The summed E-state index contributed by atoms with van der Waals surface area (Å²) in [5.74, 6) is -1.38. The van der Waals surface area contributed by atoms with E-state index in [0.29, 0.717) is 5.92 Å². The zero-order chi connectivity index (χ0) is 12.8. The molecule has 3 heteroatoms. The van der Waals surface area contributed by atoms with Crippen LogP contribution in [-0.2, 0) is 4.79 Å². The number of carboxylic acid groups (broad SMARTS) is 1. The van der Waals surface area contributed by atoms with Gasteiger partial charge in [0.05, 0.1) is 12.5 Å². The van der Waals surface area contributed by atoms with E-state index in [9.17, 15) is 9.90 Å². The van der Waals surface area contributed by atoms with Crippen molar-refractivity contribution >= 4 is 5.97 Å². The van der Waals surface area contributed by atoms with Gasteiger partial charge in [0.15, 0.2) is 0 Å². The van der Waals surface area contributed by atoms with Crippen molar-refractivity contribution in [2.45, 2.75) is 26.2 Å².